The fraction of sp³-hybridized carbons (Fsp3) is 0.333. The van der Waals surface area contributed by atoms with Gasteiger partial charge in [0.25, 0.3) is 0 Å². The fourth-order valence-corrected chi connectivity index (χ4v) is 2.70. The summed E-state index contributed by atoms with van der Waals surface area (Å²) in [7, 11) is 1.82. The average Bonchev–Trinajstić information content (AvgIpc) is 2.77. The van der Waals surface area contributed by atoms with Crippen LogP contribution in [0.4, 0.5) is 5.82 Å². The number of hydrogen-bond donors (Lipinski definition) is 0. The van der Waals surface area contributed by atoms with Crippen LogP contribution in [0.25, 0.3) is 0 Å². The van der Waals surface area contributed by atoms with E-state index in [4.69, 9.17) is 0 Å². The van der Waals surface area contributed by atoms with E-state index >= 15 is 0 Å². The largest absolute Gasteiger partial charge is 0.294 e. The van der Waals surface area contributed by atoms with Gasteiger partial charge in [-0.1, -0.05) is 30.3 Å². The van der Waals surface area contributed by atoms with E-state index in [2.05, 4.69) is 39.3 Å². The van der Waals surface area contributed by atoms with Crippen molar-refractivity contribution in [3.05, 3.63) is 47.2 Å². The molecule has 5 heteroatoms. The van der Waals surface area contributed by atoms with Crippen molar-refractivity contribution in [1.82, 2.24) is 14.7 Å². The highest BCUT2D eigenvalue weighted by Gasteiger charge is 2.23. The third-order valence-electron chi connectivity index (χ3n) is 3.64. The number of rotatable bonds is 3. The number of nitrogens with zero attached hydrogens (tertiary/aromatic N) is 4. The van der Waals surface area contributed by atoms with Crippen molar-refractivity contribution >= 4 is 11.9 Å². The fourth-order valence-electron chi connectivity index (χ4n) is 2.70. The molecule has 1 aliphatic heterocycles. The van der Waals surface area contributed by atoms with Gasteiger partial charge in [-0.3, -0.25) is 4.90 Å². The lowest BCUT2D eigenvalue weighted by Gasteiger charge is -2.26. The molecule has 0 unspecified atom stereocenters. The van der Waals surface area contributed by atoms with Gasteiger partial charge in [0, 0.05) is 38.7 Å². The molecule has 0 saturated heterocycles. The van der Waals surface area contributed by atoms with Gasteiger partial charge in [0.1, 0.15) is 0 Å². The smallest absolute Gasteiger partial charge is 0.242 e. The SMILES string of the molecule is Cn1nc2c(c1N=C=O)CN(Cc1ccccc1)CC2. The van der Waals surface area contributed by atoms with Gasteiger partial charge in [-0.2, -0.15) is 5.10 Å². The minimum absolute atomic E-state index is 0.632. The summed E-state index contributed by atoms with van der Waals surface area (Å²) in [6.07, 6.45) is 2.51. The van der Waals surface area contributed by atoms with Crippen LogP contribution in [-0.4, -0.2) is 27.3 Å². The summed E-state index contributed by atoms with van der Waals surface area (Å²) in [5, 5.41) is 4.43. The molecular formula is C15H16N4O. The maximum Gasteiger partial charge on any atom is 0.242 e. The van der Waals surface area contributed by atoms with Crippen LogP contribution in [0, 0.1) is 0 Å². The van der Waals surface area contributed by atoms with E-state index in [1.54, 1.807) is 10.8 Å². The number of fused-ring (bicyclic) bond motifs is 1. The minimum atomic E-state index is 0.632. The topological polar surface area (TPSA) is 50.5 Å². The van der Waals surface area contributed by atoms with Crippen LogP contribution in [0.1, 0.15) is 16.8 Å². The van der Waals surface area contributed by atoms with Gasteiger partial charge in [-0.25, -0.2) is 9.48 Å². The number of aryl methyl sites for hydroxylation is 1. The summed E-state index contributed by atoms with van der Waals surface area (Å²) in [4.78, 5) is 16.7. The van der Waals surface area contributed by atoms with E-state index < -0.39 is 0 Å². The highest BCUT2D eigenvalue weighted by Crippen LogP contribution is 2.28. The van der Waals surface area contributed by atoms with Gasteiger partial charge < -0.3 is 0 Å². The Balaban J connectivity index is 1.82. The average molecular weight is 268 g/mol. The van der Waals surface area contributed by atoms with E-state index in [0.717, 1.165) is 37.3 Å². The number of carbonyl (C=O) groups excluding carboxylic acids is 1. The summed E-state index contributed by atoms with van der Waals surface area (Å²) in [5.41, 5.74) is 3.39. The maximum atomic E-state index is 10.5. The summed E-state index contributed by atoms with van der Waals surface area (Å²) in [6.45, 7) is 2.65. The molecule has 2 heterocycles. The Kier molecular flexibility index (Phi) is 3.46. The summed E-state index contributed by atoms with van der Waals surface area (Å²) >= 11 is 0. The molecule has 0 aliphatic carbocycles. The first kappa shape index (κ1) is 12.8. The normalized spacial score (nSPS) is 14.7. The first-order valence-electron chi connectivity index (χ1n) is 6.67. The number of aromatic nitrogens is 2. The van der Waals surface area contributed by atoms with Crippen molar-refractivity contribution in [3.63, 3.8) is 0 Å². The second kappa shape index (κ2) is 5.41. The second-order valence-electron chi connectivity index (χ2n) is 5.02. The predicted octanol–water partition coefficient (Wildman–Crippen LogP) is 1.95. The first-order chi connectivity index (χ1) is 9.78. The molecule has 0 amide bonds. The zero-order valence-electron chi connectivity index (χ0n) is 11.4. The third-order valence-corrected chi connectivity index (χ3v) is 3.64. The van der Waals surface area contributed by atoms with Gasteiger partial charge in [0.05, 0.1) is 5.69 Å². The molecule has 20 heavy (non-hydrogen) atoms. The highest BCUT2D eigenvalue weighted by atomic mass is 16.1. The third kappa shape index (κ3) is 2.41. The van der Waals surface area contributed by atoms with Crippen LogP contribution in [0.15, 0.2) is 35.3 Å². The van der Waals surface area contributed by atoms with Crippen molar-refractivity contribution in [2.75, 3.05) is 6.54 Å². The van der Waals surface area contributed by atoms with Crippen molar-refractivity contribution in [2.24, 2.45) is 12.0 Å². The van der Waals surface area contributed by atoms with E-state index in [1.807, 2.05) is 13.1 Å². The maximum absolute atomic E-state index is 10.5. The lowest BCUT2D eigenvalue weighted by atomic mass is 10.1. The Bertz CT molecular complexity index is 656. The molecule has 0 N–H and O–H groups in total. The van der Waals surface area contributed by atoms with E-state index in [1.165, 1.54) is 5.56 Å². The molecule has 1 aromatic carbocycles. The highest BCUT2D eigenvalue weighted by molar-refractivity contribution is 5.51. The molecule has 0 atom stereocenters. The van der Waals surface area contributed by atoms with Crippen LogP contribution in [0.5, 0.6) is 0 Å². The number of hydrogen-bond acceptors (Lipinski definition) is 4. The Morgan fingerprint density at radius 1 is 1.35 bits per heavy atom. The Morgan fingerprint density at radius 2 is 2.15 bits per heavy atom. The second-order valence-corrected chi connectivity index (χ2v) is 5.02. The Hall–Kier alpha value is -2.23. The molecule has 0 spiro atoms. The molecule has 0 saturated carbocycles. The van der Waals surface area contributed by atoms with Crippen molar-refractivity contribution in [3.8, 4) is 0 Å². The van der Waals surface area contributed by atoms with Gasteiger partial charge in [-0.15, -0.1) is 4.99 Å². The Labute approximate surface area is 117 Å². The molecule has 1 aliphatic rings. The van der Waals surface area contributed by atoms with Crippen LogP contribution < -0.4 is 0 Å². The molecule has 3 rings (SSSR count). The molecule has 0 fully saturated rings. The van der Waals surface area contributed by atoms with Gasteiger partial charge in [0.15, 0.2) is 5.82 Å². The molecule has 0 bridgehead atoms. The summed E-state index contributed by atoms with van der Waals surface area (Å²) < 4.78 is 1.67. The van der Waals surface area contributed by atoms with Crippen molar-refractivity contribution in [2.45, 2.75) is 19.5 Å². The molecular weight excluding hydrogens is 252 g/mol. The van der Waals surface area contributed by atoms with Crippen molar-refractivity contribution < 1.29 is 4.79 Å². The van der Waals surface area contributed by atoms with Crippen LogP contribution in [-0.2, 0) is 31.4 Å². The Morgan fingerprint density at radius 3 is 2.90 bits per heavy atom. The van der Waals surface area contributed by atoms with Gasteiger partial charge in [0.2, 0.25) is 6.08 Å². The molecule has 102 valence electrons. The van der Waals surface area contributed by atoms with E-state index in [-0.39, 0.29) is 0 Å². The standard InChI is InChI=1S/C15H16N4O/c1-18-15(16-11-20)13-10-19(8-7-14(13)17-18)9-12-5-3-2-4-6-12/h2-6H,7-10H2,1H3. The minimum Gasteiger partial charge on any atom is -0.294 e. The van der Waals surface area contributed by atoms with E-state index in [0.29, 0.717) is 5.82 Å². The zero-order chi connectivity index (χ0) is 13.9. The summed E-state index contributed by atoms with van der Waals surface area (Å²) in [6, 6.07) is 10.4. The lowest BCUT2D eigenvalue weighted by molar-refractivity contribution is 0.245. The summed E-state index contributed by atoms with van der Waals surface area (Å²) in [5.74, 6) is 0.632. The van der Waals surface area contributed by atoms with Crippen LogP contribution in [0.2, 0.25) is 0 Å². The monoisotopic (exact) mass is 268 g/mol. The number of isocyanates is 1. The first-order valence-corrected chi connectivity index (χ1v) is 6.67. The molecule has 2 aromatic rings. The van der Waals surface area contributed by atoms with Gasteiger partial charge in [-0.05, 0) is 5.56 Å². The zero-order valence-corrected chi connectivity index (χ0v) is 11.4. The quantitative estimate of drug-likeness (QED) is 0.631. The van der Waals surface area contributed by atoms with E-state index in [9.17, 15) is 4.79 Å². The van der Waals surface area contributed by atoms with Crippen LogP contribution >= 0.6 is 0 Å². The molecule has 5 nitrogen and oxygen atoms in total. The number of aliphatic imine (C=N–C) groups is 1. The van der Waals surface area contributed by atoms with Crippen molar-refractivity contribution in [1.29, 1.82) is 0 Å². The molecule has 0 radical (unpaired) electrons. The number of benzene rings is 1. The molecule has 1 aromatic heterocycles. The lowest BCUT2D eigenvalue weighted by Crippen LogP contribution is -2.29. The van der Waals surface area contributed by atoms with Crippen LogP contribution in [0.3, 0.4) is 0 Å². The van der Waals surface area contributed by atoms with Gasteiger partial charge >= 0.3 is 0 Å². The predicted molar refractivity (Wildman–Crippen MR) is 75.2 cm³/mol.